The fraction of sp³-hybridized carbons (Fsp3) is 0.214. The predicted molar refractivity (Wildman–Crippen MR) is 73.6 cm³/mol. The highest BCUT2D eigenvalue weighted by Crippen LogP contribution is 2.41. The molecule has 0 spiro atoms. The van der Waals surface area contributed by atoms with Gasteiger partial charge in [-0.25, -0.2) is 0 Å². The molecule has 0 saturated heterocycles. The van der Waals surface area contributed by atoms with E-state index in [9.17, 15) is 19.5 Å². The molecule has 0 aromatic heterocycles. The molecule has 0 N–H and O–H groups in total. The third-order valence-electron chi connectivity index (χ3n) is 3.24. The first-order valence-electron chi connectivity index (χ1n) is 5.84. The number of thioether (sulfide) groups is 1. The quantitative estimate of drug-likeness (QED) is 0.469. The number of ketones is 2. The minimum absolute atomic E-state index is 0.158. The van der Waals surface area contributed by atoms with Gasteiger partial charge in [-0.15, -0.1) is 18.3 Å². The Morgan fingerprint density at radius 2 is 1.85 bits per heavy atom. The Morgan fingerprint density at radius 3 is 2.20 bits per heavy atom. The number of hydrogen-bond donors (Lipinski definition) is 0. The molecule has 5 nitrogen and oxygen atoms in total. The number of carbonyl (C=O) groups is 3. The van der Waals surface area contributed by atoms with E-state index in [2.05, 4.69) is 6.58 Å². The summed E-state index contributed by atoms with van der Waals surface area (Å²) in [5.41, 5.74) is 0.476. The third kappa shape index (κ3) is 1.76. The molecule has 104 valence electrons. The number of benzene rings is 1. The molecule has 1 aliphatic carbocycles. The second kappa shape index (κ2) is 5.13. The summed E-state index contributed by atoms with van der Waals surface area (Å²) in [6, 6.07) is 6.32. The highest BCUT2D eigenvalue weighted by Gasteiger charge is 2.56. The van der Waals surface area contributed by atoms with Crippen molar-refractivity contribution in [1.82, 2.24) is 4.90 Å². The average molecular weight is 290 g/mol. The van der Waals surface area contributed by atoms with Gasteiger partial charge in [-0.1, -0.05) is 30.3 Å². The van der Waals surface area contributed by atoms with Crippen LogP contribution >= 0.6 is 11.8 Å². The van der Waals surface area contributed by atoms with Gasteiger partial charge in [0.05, 0.1) is 0 Å². The molecule has 0 atom stereocenters. The van der Waals surface area contributed by atoms with Gasteiger partial charge in [0, 0.05) is 17.7 Å². The lowest BCUT2D eigenvalue weighted by molar-refractivity contribution is -0.266. The van der Waals surface area contributed by atoms with E-state index in [1.54, 1.807) is 12.1 Å². The van der Waals surface area contributed by atoms with Gasteiger partial charge in [-0.05, 0) is 6.26 Å². The second-order valence-corrected chi connectivity index (χ2v) is 5.22. The van der Waals surface area contributed by atoms with Crippen molar-refractivity contribution >= 4 is 29.4 Å². The first-order chi connectivity index (χ1) is 9.50. The molecule has 0 radical (unpaired) electrons. The van der Waals surface area contributed by atoms with Crippen molar-refractivity contribution < 1.29 is 19.5 Å². The molecule has 0 aliphatic heterocycles. The maximum atomic E-state index is 12.6. The molecule has 0 unspecified atom stereocenters. The molecule has 1 amide bonds. The minimum atomic E-state index is -1.81. The number of amides is 1. The Labute approximate surface area is 120 Å². The van der Waals surface area contributed by atoms with Crippen LogP contribution in [-0.4, -0.2) is 40.2 Å². The van der Waals surface area contributed by atoms with E-state index in [-0.39, 0.29) is 17.7 Å². The molecule has 0 fully saturated rings. The molecule has 20 heavy (non-hydrogen) atoms. The highest BCUT2D eigenvalue weighted by atomic mass is 32.2. The number of carboxylic acid groups (broad SMARTS) is 1. The van der Waals surface area contributed by atoms with Crippen LogP contribution in [0.25, 0.3) is 0 Å². The van der Waals surface area contributed by atoms with E-state index in [0.717, 1.165) is 16.7 Å². The molecule has 0 bridgehead atoms. The summed E-state index contributed by atoms with van der Waals surface area (Å²) in [5.74, 6) is -1.06. The Balaban J connectivity index is 2.63. The lowest BCUT2D eigenvalue weighted by Crippen LogP contribution is -2.60. The van der Waals surface area contributed by atoms with E-state index in [1.807, 2.05) is 0 Å². The zero-order valence-electron chi connectivity index (χ0n) is 10.8. The van der Waals surface area contributed by atoms with Gasteiger partial charge in [0.2, 0.25) is 16.4 Å². The first kappa shape index (κ1) is 14.3. The molecule has 2 rings (SSSR count). The summed E-state index contributed by atoms with van der Waals surface area (Å²) in [6.45, 7) is 3.30. The van der Waals surface area contributed by atoms with Crippen LogP contribution in [0, 0.1) is 0 Å². The maximum absolute atomic E-state index is 12.6. The van der Waals surface area contributed by atoms with Crippen molar-refractivity contribution in [1.29, 1.82) is 0 Å². The van der Waals surface area contributed by atoms with E-state index < -0.39 is 22.5 Å². The number of Topliss-reactive ketones (excluding diaryl/α,β-unsaturated/α-hetero) is 2. The van der Waals surface area contributed by atoms with Crippen LogP contribution in [0.1, 0.15) is 20.7 Å². The van der Waals surface area contributed by atoms with Gasteiger partial charge in [-0.2, -0.15) is 0 Å². The van der Waals surface area contributed by atoms with Crippen LogP contribution in [0.15, 0.2) is 36.9 Å². The SMILES string of the molecule is C=CCN(C(=O)[O-])C1(SC)C(=O)c2ccccc2C1=O. The standard InChI is InChI=1S/C14H13NO4S/c1-3-8-15(13(18)19)14(20-2)11(16)9-6-4-5-7-10(9)12(14)17/h3-7H,1,8H2,2H3,(H,18,19)/p-1. The van der Waals surface area contributed by atoms with Crippen LogP contribution in [0.2, 0.25) is 0 Å². The minimum Gasteiger partial charge on any atom is -0.530 e. The number of rotatable bonds is 4. The number of fused-ring (bicyclic) bond motifs is 1. The van der Waals surface area contributed by atoms with Crippen molar-refractivity contribution in [2.45, 2.75) is 4.87 Å². The molecular formula is C14H12NO4S-. The zero-order valence-corrected chi connectivity index (χ0v) is 11.6. The van der Waals surface area contributed by atoms with Crippen LogP contribution in [0.3, 0.4) is 0 Å². The summed E-state index contributed by atoms with van der Waals surface area (Å²) in [7, 11) is 0. The van der Waals surface area contributed by atoms with E-state index in [0.29, 0.717) is 0 Å². The Kier molecular flexibility index (Phi) is 3.67. The average Bonchev–Trinajstić information content (AvgIpc) is 2.67. The van der Waals surface area contributed by atoms with Crippen LogP contribution < -0.4 is 5.11 Å². The van der Waals surface area contributed by atoms with Gasteiger partial charge in [0.1, 0.15) is 6.09 Å². The Morgan fingerprint density at radius 1 is 1.35 bits per heavy atom. The van der Waals surface area contributed by atoms with Crippen LogP contribution in [0.5, 0.6) is 0 Å². The predicted octanol–water partition coefficient (Wildman–Crippen LogP) is 0.956. The maximum Gasteiger partial charge on any atom is 0.215 e. The molecule has 6 heteroatoms. The van der Waals surface area contributed by atoms with Crippen molar-refractivity contribution in [2.75, 3.05) is 12.8 Å². The van der Waals surface area contributed by atoms with Gasteiger partial charge in [0.15, 0.2) is 0 Å². The van der Waals surface area contributed by atoms with E-state index in [1.165, 1.54) is 24.5 Å². The second-order valence-electron chi connectivity index (χ2n) is 4.22. The fourth-order valence-corrected chi connectivity index (χ4v) is 3.31. The zero-order chi connectivity index (χ0) is 14.9. The monoisotopic (exact) mass is 290 g/mol. The van der Waals surface area contributed by atoms with E-state index in [4.69, 9.17) is 0 Å². The highest BCUT2D eigenvalue weighted by molar-refractivity contribution is 8.01. The Hall–Kier alpha value is -2.08. The molecule has 0 saturated carbocycles. The van der Waals surface area contributed by atoms with Gasteiger partial charge < -0.3 is 14.8 Å². The fourth-order valence-electron chi connectivity index (χ4n) is 2.35. The van der Waals surface area contributed by atoms with Gasteiger partial charge >= 0.3 is 0 Å². The molecule has 1 aromatic rings. The number of hydrogen-bond acceptors (Lipinski definition) is 5. The third-order valence-corrected chi connectivity index (χ3v) is 4.42. The summed E-state index contributed by atoms with van der Waals surface area (Å²) in [6.07, 6.45) is 1.27. The Bertz CT molecular complexity index is 576. The van der Waals surface area contributed by atoms with Gasteiger partial charge in [0.25, 0.3) is 0 Å². The normalized spacial score (nSPS) is 15.8. The molecule has 1 aromatic carbocycles. The summed E-state index contributed by atoms with van der Waals surface area (Å²) < 4.78 is 0. The molecule has 1 aliphatic rings. The van der Waals surface area contributed by atoms with Crippen molar-refractivity contribution in [2.24, 2.45) is 0 Å². The number of carbonyl (C=O) groups excluding carboxylic acids is 3. The van der Waals surface area contributed by atoms with E-state index >= 15 is 0 Å². The van der Waals surface area contributed by atoms with Crippen molar-refractivity contribution in [3.05, 3.63) is 48.0 Å². The van der Waals surface area contributed by atoms with Gasteiger partial charge in [-0.3, -0.25) is 9.59 Å². The lowest BCUT2D eigenvalue weighted by Gasteiger charge is -2.38. The van der Waals surface area contributed by atoms with Crippen LogP contribution in [-0.2, 0) is 0 Å². The summed E-state index contributed by atoms with van der Waals surface area (Å²) in [5, 5.41) is 11.3. The van der Waals surface area contributed by atoms with Crippen LogP contribution in [0.4, 0.5) is 4.79 Å². The number of nitrogens with zero attached hydrogens (tertiary/aromatic N) is 1. The summed E-state index contributed by atoms with van der Waals surface area (Å²) in [4.78, 5) is 35.4. The smallest absolute Gasteiger partial charge is 0.215 e. The van der Waals surface area contributed by atoms with Crippen molar-refractivity contribution in [3.8, 4) is 0 Å². The lowest BCUT2D eigenvalue weighted by atomic mass is 10.1. The molecular weight excluding hydrogens is 278 g/mol. The topological polar surface area (TPSA) is 77.5 Å². The summed E-state index contributed by atoms with van der Waals surface area (Å²) >= 11 is 0.887. The first-order valence-corrected chi connectivity index (χ1v) is 7.06. The molecule has 0 heterocycles. The van der Waals surface area contributed by atoms with Crippen molar-refractivity contribution in [3.63, 3.8) is 0 Å². The largest absolute Gasteiger partial charge is 0.530 e.